The molecule has 0 aromatic carbocycles. The monoisotopic (exact) mass is 285 g/mol. The van der Waals surface area contributed by atoms with Gasteiger partial charge in [0.15, 0.2) is 0 Å². The third kappa shape index (κ3) is 5.38. The third-order valence-electron chi connectivity index (χ3n) is 1.24. The zero-order valence-corrected chi connectivity index (χ0v) is 10.4. The highest BCUT2D eigenvalue weighted by atomic mass is 35.6. The molecule has 0 aromatic heterocycles. The first-order chi connectivity index (χ1) is 5.93. The Kier molecular flexibility index (Phi) is 6.87. The van der Waals surface area contributed by atoms with E-state index in [0.717, 1.165) is 0 Å². The van der Waals surface area contributed by atoms with Gasteiger partial charge in [-0.2, -0.15) is 0 Å². The number of nitrogens with zero attached hydrogens (tertiary/aromatic N) is 1. The molecule has 0 spiro atoms. The fourth-order valence-corrected chi connectivity index (χ4v) is 1.46. The van der Waals surface area contributed by atoms with E-state index in [1.54, 1.807) is 0 Å². The molecule has 0 fully saturated rings. The summed E-state index contributed by atoms with van der Waals surface area (Å²) in [5.41, 5.74) is 0. The maximum Gasteiger partial charge on any atom is 0.274 e. The van der Waals surface area contributed by atoms with Crippen molar-refractivity contribution in [2.75, 3.05) is 24.8 Å². The highest BCUT2D eigenvalue weighted by Gasteiger charge is 2.34. The van der Waals surface area contributed by atoms with Crippen molar-refractivity contribution in [3.63, 3.8) is 0 Å². The van der Waals surface area contributed by atoms with E-state index in [0.29, 0.717) is 13.1 Å². The van der Waals surface area contributed by atoms with Crippen LogP contribution >= 0.6 is 58.0 Å². The van der Waals surface area contributed by atoms with Gasteiger partial charge in [0.05, 0.1) is 0 Å². The summed E-state index contributed by atoms with van der Waals surface area (Å²) in [6.45, 7) is 0.641. The lowest BCUT2D eigenvalue weighted by molar-refractivity contribution is -0.129. The Hall–Kier alpha value is 0.920. The summed E-state index contributed by atoms with van der Waals surface area (Å²) in [6, 6.07) is 0. The summed E-state index contributed by atoms with van der Waals surface area (Å²) < 4.78 is -1.93. The van der Waals surface area contributed by atoms with Crippen molar-refractivity contribution >= 4 is 63.9 Å². The minimum atomic E-state index is -1.93. The second-order valence-electron chi connectivity index (χ2n) is 2.17. The van der Waals surface area contributed by atoms with E-state index in [9.17, 15) is 4.79 Å². The van der Waals surface area contributed by atoms with E-state index in [1.807, 2.05) is 0 Å². The number of alkyl halides is 5. The molecule has 1 amide bonds. The fourth-order valence-electron chi connectivity index (χ4n) is 0.698. The zero-order chi connectivity index (χ0) is 10.5. The molecule has 13 heavy (non-hydrogen) atoms. The van der Waals surface area contributed by atoms with Crippen molar-refractivity contribution in [1.82, 2.24) is 4.90 Å². The van der Waals surface area contributed by atoms with E-state index >= 15 is 0 Å². The summed E-state index contributed by atoms with van der Waals surface area (Å²) in [5, 5.41) is 0. The highest BCUT2D eigenvalue weighted by Crippen LogP contribution is 2.28. The normalized spacial score (nSPS) is 11.5. The maximum absolute atomic E-state index is 11.4. The SMILES string of the molecule is O=C(N(CCCl)CCCl)C(Cl)(Cl)Cl. The molecule has 0 aliphatic rings. The van der Waals surface area contributed by atoms with Crippen LogP contribution in [0.4, 0.5) is 0 Å². The molecular formula is C6H8Cl5NO. The molecule has 0 aliphatic carbocycles. The van der Waals surface area contributed by atoms with Gasteiger partial charge in [-0.3, -0.25) is 4.79 Å². The molecule has 0 unspecified atom stereocenters. The van der Waals surface area contributed by atoms with Crippen molar-refractivity contribution in [1.29, 1.82) is 0 Å². The Balaban J connectivity index is 4.27. The Labute approximate surface area is 102 Å². The maximum atomic E-state index is 11.4. The van der Waals surface area contributed by atoms with E-state index in [4.69, 9.17) is 58.0 Å². The Morgan fingerprint density at radius 3 is 1.69 bits per heavy atom. The smallest absolute Gasteiger partial charge is 0.274 e. The molecule has 0 bridgehead atoms. The molecule has 78 valence electrons. The summed E-state index contributed by atoms with van der Waals surface area (Å²) in [7, 11) is 0. The van der Waals surface area contributed by atoms with Gasteiger partial charge in [-0.25, -0.2) is 0 Å². The molecule has 2 nitrogen and oxygen atoms in total. The average molecular weight is 287 g/mol. The molecule has 0 radical (unpaired) electrons. The molecule has 0 N–H and O–H groups in total. The number of hydrogen-bond donors (Lipinski definition) is 0. The van der Waals surface area contributed by atoms with Crippen molar-refractivity contribution < 1.29 is 4.79 Å². The van der Waals surface area contributed by atoms with Crippen LogP contribution in [-0.2, 0) is 4.79 Å². The van der Waals surface area contributed by atoms with Gasteiger partial charge < -0.3 is 4.90 Å². The molecule has 0 rings (SSSR count). The Morgan fingerprint density at radius 1 is 1.08 bits per heavy atom. The van der Waals surface area contributed by atoms with Crippen LogP contribution in [-0.4, -0.2) is 39.4 Å². The highest BCUT2D eigenvalue weighted by molar-refractivity contribution is 6.76. The minimum absolute atomic E-state index is 0.281. The summed E-state index contributed by atoms with van der Waals surface area (Å²) >= 11 is 27.1. The van der Waals surface area contributed by atoms with Gasteiger partial charge in [0, 0.05) is 24.8 Å². The second-order valence-corrected chi connectivity index (χ2v) is 5.21. The number of amides is 1. The molecule has 0 atom stereocenters. The summed E-state index contributed by atoms with van der Waals surface area (Å²) in [5.74, 6) is -0.0361. The van der Waals surface area contributed by atoms with Crippen molar-refractivity contribution in [2.24, 2.45) is 0 Å². The zero-order valence-electron chi connectivity index (χ0n) is 6.57. The molecule has 7 heteroatoms. The van der Waals surface area contributed by atoms with Gasteiger partial charge in [0.25, 0.3) is 9.70 Å². The molecule has 0 saturated heterocycles. The number of carbonyl (C=O) groups is 1. The predicted octanol–water partition coefficient (Wildman–Crippen LogP) is 2.66. The van der Waals surface area contributed by atoms with E-state index in [1.165, 1.54) is 4.90 Å². The Morgan fingerprint density at radius 2 is 1.46 bits per heavy atom. The van der Waals surface area contributed by atoms with Crippen LogP contribution in [0.1, 0.15) is 0 Å². The number of halogens is 5. The first kappa shape index (κ1) is 13.9. The lowest BCUT2D eigenvalue weighted by Crippen LogP contribution is -2.41. The molecule has 0 saturated carbocycles. The molecular weight excluding hydrogens is 279 g/mol. The summed E-state index contributed by atoms with van der Waals surface area (Å²) in [6.07, 6.45) is 0. The molecule has 0 aromatic rings. The van der Waals surface area contributed by atoms with Gasteiger partial charge in [-0.05, 0) is 0 Å². The lowest BCUT2D eigenvalue weighted by Gasteiger charge is -2.23. The Bertz CT molecular complexity index is 163. The first-order valence-electron chi connectivity index (χ1n) is 3.41. The van der Waals surface area contributed by atoms with E-state index in [2.05, 4.69) is 0 Å². The largest absolute Gasteiger partial charge is 0.337 e. The standard InChI is InChI=1S/C6H8Cl5NO/c7-1-3-12(4-2-8)5(13)6(9,10)11/h1-4H2. The van der Waals surface area contributed by atoms with Crippen molar-refractivity contribution in [3.8, 4) is 0 Å². The van der Waals surface area contributed by atoms with E-state index in [-0.39, 0.29) is 11.8 Å². The number of rotatable bonds is 4. The predicted molar refractivity (Wildman–Crippen MR) is 58.3 cm³/mol. The first-order valence-corrected chi connectivity index (χ1v) is 5.61. The molecule has 0 heterocycles. The number of hydrogen-bond acceptors (Lipinski definition) is 1. The van der Waals surface area contributed by atoms with Crippen LogP contribution in [0.25, 0.3) is 0 Å². The van der Waals surface area contributed by atoms with Crippen LogP contribution < -0.4 is 0 Å². The van der Waals surface area contributed by atoms with Crippen LogP contribution in [0.2, 0.25) is 0 Å². The lowest BCUT2D eigenvalue weighted by atomic mass is 10.5. The fraction of sp³-hybridized carbons (Fsp3) is 0.833. The van der Waals surface area contributed by atoms with Gasteiger partial charge in [-0.15, -0.1) is 23.2 Å². The summed E-state index contributed by atoms with van der Waals surface area (Å²) in [4.78, 5) is 12.7. The average Bonchev–Trinajstić information content (AvgIpc) is 2.01. The van der Waals surface area contributed by atoms with Crippen LogP contribution in [0.5, 0.6) is 0 Å². The van der Waals surface area contributed by atoms with Crippen LogP contribution in [0.3, 0.4) is 0 Å². The van der Waals surface area contributed by atoms with Crippen molar-refractivity contribution in [2.45, 2.75) is 3.79 Å². The van der Waals surface area contributed by atoms with E-state index < -0.39 is 9.70 Å². The minimum Gasteiger partial charge on any atom is -0.337 e. The number of carbonyl (C=O) groups excluding carboxylic acids is 1. The van der Waals surface area contributed by atoms with Gasteiger partial charge in [0.2, 0.25) is 0 Å². The second kappa shape index (κ2) is 6.41. The van der Waals surface area contributed by atoms with Gasteiger partial charge >= 0.3 is 0 Å². The van der Waals surface area contributed by atoms with Gasteiger partial charge in [0.1, 0.15) is 0 Å². The van der Waals surface area contributed by atoms with Gasteiger partial charge in [-0.1, -0.05) is 34.8 Å². The topological polar surface area (TPSA) is 20.3 Å². The quantitative estimate of drug-likeness (QED) is 0.728. The van der Waals surface area contributed by atoms with Crippen LogP contribution in [0.15, 0.2) is 0 Å². The van der Waals surface area contributed by atoms with Crippen LogP contribution in [0, 0.1) is 0 Å². The van der Waals surface area contributed by atoms with Crippen molar-refractivity contribution in [3.05, 3.63) is 0 Å². The molecule has 0 aliphatic heterocycles. The third-order valence-corrected chi connectivity index (χ3v) is 2.06.